The van der Waals surface area contributed by atoms with Gasteiger partial charge in [-0.15, -0.1) is 0 Å². The Balaban J connectivity index is 2.52. The second-order valence-electron chi connectivity index (χ2n) is 6.86. The van der Waals surface area contributed by atoms with E-state index in [2.05, 4.69) is 32.6 Å². The average molecular weight is 254 g/mol. The molecule has 0 bridgehead atoms. The predicted molar refractivity (Wildman–Crippen MR) is 80.7 cm³/mol. The Labute approximate surface area is 114 Å². The zero-order chi connectivity index (χ0) is 13.5. The molecule has 0 saturated heterocycles. The SMILES string of the molecule is CC(C)CCN(CC(CN)C(C)C)C1CCCC1. The summed E-state index contributed by atoms with van der Waals surface area (Å²) < 4.78 is 0. The maximum absolute atomic E-state index is 5.95. The van der Waals surface area contributed by atoms with Crippen molar-refractivity contribution < 1.29 is 0 Å². The summed E-state index contributed by atoms with van der Waals surface area (Å²) in [5.41, 5.74) is 5.95. The van der Waals surface area contributed by atoms with Crippen molar-refractivity contribution in [2.45, 2.75) is 65.8 Å². The van der Waals surface area contributed by atoms with Gasteiger partial charge in [0.1, 0.15) is 0 Å². The van der Waals surface area contributed by atoms with Crippen LogP contribution in [0.2, 0.25) is 0 Å². The molecule has 1 unspecified atom stereocenters. The lowest BCUT2D eigenvalue weighted by molar-refractivity contribution is 0.144. The molecule has 1 aliphatic rings. The van der Waals surface area contributed by atoms with Gasteiger partial charge in [-0.25, -0.2) is 0 Å². The van der Waals surface area contributed by atoms with Gasteiger partial charge in [0.15, 0.2) is 0 Å². The number of nitrogens with zero attached hydrogens (tertiary/aromatic N) is 1. The zero-order valence-electron chi connectivity index (χ0n) is 13.0. The highest BCUT2D eigenvalue weighted by molar-refractivity contribution is 4.80. The van der Waals surface area contributed by atoms with Crippen molar-refractivity contribution >= 4 is 0 Å². The van der Waals surface area contributed by atoms with Gasteiger partial charge in [-0.2, -0.15) is 0 Å². The minimum absolute atomic E-state index is 0.665. The lowest BCUT2D eigenvalue weighted by Gasteiger charge is -2.34. The van der Waals surface area contributed by atoms with Gasteiger partial charge < -0.3 is 10.6 Å². The molecule has 0 spiro atoms. The van der Waals surface area contributed by atoms with Crippen molar-refractivity contribution in [2.75, 3.05) is 19.6 Å². The molecule has 18 heavy (non-hydrogen) atoms. The summed E-state index contributed by atoms with van der Waals surface area (Å²) in [6.45, 7) is 12.6. The molecular formula is C16H34N2. The zero-order valence-corrected chi connectivity index (χ0v) is 13.0. The van der Waals surface area contributed by atoms with Gasteiger partial charge in [-0.1, -0.05) is 40.5 Å². The minimum Gasteiger partial charge on any atom is -0.330 e. The summed E-state index contributed by atoms with van der Waals surface area (Å²) in [6, 6.07) is 0.844. The molecule has 0 amide bonds. The average Bonchev–Trinajstić information content (AvgIpc) is 2.82. The van der Waals surface area contributed by atoms with Crippen LogP contribution in [0.3, 0.4) is 0 Å². The van der Waals surface area contributed by atoms with E-state index in [0.29, 0.717) is 11.8 Å². The first kappa shape index (κ1) is 16.0. The molecule has 0 aromatic heterocycles. The van der Waals surface area contributed by atoms with Gasteiger partial charge in [-0.3, -0.25) is 0 Å². The molecule has 0 aromatic rings. The number of hydrogen-bond donors (Lipinski definition) is 1. The van der Waals surface area contributed by atoms with Crippen LogP contribution in [0, 0.1) is 17.8 Å². The molecule has 1 atom stereocenters. The normalized spacial score (nSPS) is 19.3. The van der Waals surface area contributed by atoms with Gasteiger partial charge in [-0.05, 0) is 50.1 Å². The van der Waals surface area contributed by atoms with Gasteiger partial charge in [0, 0.05) is 12.6 Å². The maximum atomic E-state index is 5.95. The highest BCUT2D eigenvalue weighted by Crippen LogP contribution is 2.26. The van der Waals surface area contributed by atoms with Gasteiger partial charge in [0.25, 0.3) is 0 Å². The van der Waals surface area contributed by atoms with Crippen LogP contribution >= 0.6 is 0 Å². The predicted octanol–water partition coefficient (Wildman–Crippen LogP) is 3.51. The molecule has 2 nitrogen and oxygen atoms in total. The highest BCUT2D eigenvalue weighted by Gasteiger charge is 2.25. The van der Waals surface area contributed by atoms with Crippen LogP contribution in [-0.4, -0.2) is 30.6 Å². The highest BCUT2D eigenvalue weighted by atomic mass is 15.2. The van der Waals surface area contributed by atoms with Crippen molar-refractivity contribution in [3.05, 3.63) is 0 Å². The first-order valence-corrected chi connectivity index (χ1v) is 7.98. The summed E-state index contributed by atoms with van der Waals surface area (Å²) in [5, 5.41) is 0. The number of nitrogens with two attached hydrogens (primary N) is 1. The smallest absolute Gasteiger partial charge is 0.00953 e. The van der Waals surface area contributed by atoms with Gasteiger partial charge in [0.2, 0.25) is 0 Å². The summed E-state index contributed by atoms with van der Waals surface area (Å²) in [5.74, 6) is 2.18. The van der Waals surface area contributed by atoms with Gasteiger partial charge in [0.05, 0.1) is 0 Å². The van der Waals surface area contributed by atoms with Crippen molar-refractivity contribution in [3.8, 4) is 0 Å². The van der Waals surface area contributed by atoms with E-state index in [0.717, 1.165) is 18.5 Å². The van der Waals surface area contributed by atoms with Crippen LogP contribution in [-0.2, 0) is 0 Å². The Bertz CT molecular complexity index is 207. The third-order valence-corrected chi connectivity index (χ3v) is 4.55. The van der Waals surface area contributed by atoms with E-state index in [4.69, 9.17) is 5.73 Å². The maximum Gasteiger partial charge on any atom is 0.00953 e. The molecule has 2 N–H and O–H groups in total. The summed E-state index contributed by atoms with van der Waals surface area (Å²) in [6.07, 6.45) is 7.00. The van der Waals surface area contributed by atoms with E-state index in [1.54, 1.807) is 0 Å². The van der Waals surface area contributed by atoms with E-state index in [1.807, 2.05) is 0 Å². The Morgan fingerprint density at radius 2 is 1.72 bits per heavy atom. The van der Waals surface area contributed by atoms with Crippen molar-refractivity contribution in [1.29, 1.82) is 0 Å². The molecule has 1 aliphatic carbocycles. The lowest BCUT2D eigenvalue weighted by atomic mass is 9.94. The van der Waals surface area contributed by atoms with Crippen LogP contribution in [0.4, 0.5) is 0 Å². The second-order valence-corrected chi connectivity index (χ2v) is 6.86. The minimum atomic E-state index is 0.665. The van der Waals surface area contributed by atoms with E-state index < -0.39 is 0 Å². The van der Waals surface area contributed by atoms with Crippen molar-refractivity contribution in [3.63, 3.8) is 0 Å². The van der Waals surface area contributed by atoms with E-state index >= 15 is 0 Å². The molecule has 1 fully saturated rings. The third-order valence-electron chi connectivity index (χ3n) is 4.55. The molecule has 0 aromatic carbocycles. The standard InChI is InChI=1S/C16H34N2/c1-13(2)9-10-18(16-7-5-6-8-16)12-15(11-17)14(3)4/h13-16H,5-12,17H2,1-4H3. The Morgan fingerprint density at radius 1 is 1.11 bits per heavy atom. The van der Waals surface area contributed by atoms with Crippen LogP contribution in [0.25, 0.3) is 0 Å². The first-order valence-electron chi connectivity index (χ1n) is 7.98. The van der Waals surface area contributed by atoms with Crippen LogP contribution in [0.1, 0.15) is 59.8 Å². The van der Waals surface area contributed by atoms with E-state index in [1.165, 1.54) is 45.2 Å². The van der Waals surface area contributed by atoms with Crippen LogP contribution in [0.15, 0.2) is 0 Å². The quantitative estimate of drug-likeness (QED) is 0.718. The van der Waals surface area contributed by atoms with E-state index in [-0.39, 0.29) is 0 Å². The monoisotopic (exact) mass is 254 g/mol. The molecule has 0 heterocycles. The molecule has 1 saturated carbocycles. The topological polar surface area (TPSA) is 29.3 Å². The molecule has 0 radical (unpaired) electrons. The van der Waals surface area contributed by atoms with Crippen LogP contribution in [0.5, 0.6) is 0 Å². The largest absolute Gasteiger partial charge is 0.330 e. The second kappa shape index (κ2) is 8.16. The summed E-state index contributed by atoms with van der Waals surface area (Å²) in [4.78, 5) is 2.75. The molecular weight excluding hydrogens is 220 g/mol. The fourth-order valence-corrected chi connectivity index (χ4v) is 2.98. The Morgan fingerprint density at radius 3 is 2.17 bits per heavy atom. The van der Waals surface area contributed by atoms with Crippen LogP contribution < -0.4 is 5.73 Å². The fraction of sp³-hybridized carbons (Fsp3) is 1.00. The van der Waals surface area contributed by atoms with Crippen molar-refractivity contribution in [2.24, 2.45) is 23.5 Å². The number of rotatable bonds is 8. The third kappa shape index (κ3) is 5.27. The Hall–Kier alpha value is -0.0800. The van der Waals surface area contributed by atoms with Gasteiger partial charge >= 0.3 is 0 Å². The van der Waals surface area contributed by atoms with E-state index in [9.17, 15) is 0 Å². The molecule has 108 valence electrons. The first-order chi connectivity index (χ1) is 8.54. The lowest BCUT2D eigenvalue weighted by Crippen LogP contribution is -2.41. The summed E-state index contributed by atoms with van der Waals surface area (Å²) in [7, 11) is 0. The molecule has 1 rings (SSSR count). The fourth-order valence-electron chi connectivity index (χ4n) is 2.98. The Kier molecular flexibility index (Phi) is 7.25. The molecule has 0 aliphatic heterocycles. The summed E-state index contributed by atoms with van der Waals surface area (Å²) >= 11 is 0. The molecule has 2 heteroatoms. The van der Waals surface area contributed by atoms with Crippen molar-refractivity contribution in [1.82, 2.24) is 4.90 Å². The number of hydrogen-bond acceptors (Lipinski definition) is 2.